The van der Waals surface area contributed by atoms with Crippen molar-refractivity contribution >= 4 is 28.9 Å². The largest absolute Gasteiger partial charge is 0.496 e. The van der Waals surface area contributed by atoms with Gasteiger partial charge in [0.1, 0.15) is 5.75 Å². The van der Waals surface area contributed by atoms with Gasteiger partial charge < -0.3 is 14.8 Å². The average molecular weight is 441 g/mol. The molecule has 1 aliphatic rings. The molecule has 6 nitrogen and oxygen atoms in total. The van der Waals surface area contributed by atoms with Crippen LogP contribution in [0.15, 0.2) is 72.8 Å². The number of carbonyl (C=O) groups is 3. The molecule has 0 amide bonds. The van der Waals surface area contributed by atoms with E-state index in [0.717, 1.165) is 11.3 Å². The van der Waals surface area contributed by atoms with Crippen molar-refractivity contribution in [1.29, 1.82) is 0 Å². The van der Waals surface area contributed by atoms with E-state index in [1.54, 1.807) is 43.3 Å². The lowest BCUT2D eigenvalue weighted by molar-refractivity contribution is -0.138. The third-order valence-electron chi connectivity index (χ3n) is 5.46. The van der Waals surface area contributed by atoms with E-state index in [2.05, 4.69) is 11.9 Å². The van der Waals surface area contributed by atoms with E-state index in [9.17, 15) is 14.4 Å². The highest BCUT2D eigenvalue weighted by Gasteiger charge is 2.34. The minimum absolute atomic E-state index is 0.224. The van der Waals surface area contributed by atoms with Crippen LogP contribution in [-0.2, 0) is 16.0 Å². The van der Waals surface area contributed by atoms with Crippen LogP contribution in [0.4, 0.5) is 11.4 Å². The molecule has 1 aliphatic carbocycles. The first-order chi connectivity index (χ1) is 15.9. The number of fused-ring (bicyclic) bond motifs is 2. The molecular formula is C27H23NO5. The molecule has 0 unspecified atom stereocenters. The zero-order valence-corrected chi connectivity index (χ0v) is 18.4. The van der Waals surface area contributed by atoms with Gasteiger partial charge in [-0.25, -0.2) is 4.79 Å². The van der Waals surface area contributed by atoms with Crippen LogP contribution in [0.25, 0.3) is 0 Å². The molecule has 0 fully saturated rings. The SMILES string of the molecule is C=C(C)C(=O)OCCc1ccc(Nc2ccc(OC)c3c2C(=O)c2ccccc2C3=O)cc1. The van der Waals surface area contributed by atoms with Crippen LogP contribution in [-0.4, -0.2) is 31.3 Å². The highest BCUT2D eigenvalue weighted by Crippen LogP contribution is 2.38. The van der Waals surface area contributed by atoms with Gasteiger partial charge in [-0.2, -0.15) is 0 Å². The smallest absolute Gasteiger partial charge is 0.333 e. The fraction of sp³-hybridized carbons (Fsp3) is 0.148. The molecule has 0 spiro atoms. The van der Waals surface area contributed by atoms with Crippen molar-refractivity contribution in [2.24, 2.45) is 0 Å². The van der Waals surface area contributed by atoms with E-state index in [4.69, 9.17) is 9.47 Å². The fourth-order valence-electron chi connectivity index (χ4n) is 3.76. The quantitative estimate of drug-likeness (QED) is 0.325. The summed E-state index contributed by atoms with van der Waals surface area (Å²) in [5, 5.41) is 3.26. The van der Waals surface area contributed by atoms with Crippen LogP contribution < -0.4 is 10.1 Å². The number of hydrogen-bond acceptors (Lipinski definition) is 6. The van der Waals surface area contributed by atoms with Gasteiger partial charge >= 0.3 is 5.97 Å². The second-order valence-electron chi connectivity index (χ2n) is 7.76. The summed E-state index contributed by atoms with van der Waals surface area (Å²) in [6, 6.07) is 17.8. The summed E-state index contributed by atoms with van der Waals surface area (Å²) in [6.07, 6.45) is 0.570. The lowest BCUT2D eigenvalue weighted by Crippen LogP contribution is -2.23. The van der Waals surface area contributed by atoms with Crippen LogP contribution in [0, 0.1) is 0 Å². The minimum Gasteiger partial charge on any atom is -0.496 e. The lowest BCUT2D eigenvalue weighted by atomic mass is 9.82. The van der Waals surface area contributed by atoms with Gasteiger partial charge in [-0.15, -0.1) is 0 Å². The van der Waals surface area contributed by atoms with Crippen LogP contribution in [0.2, 0.25) is 0 Å². The number of anilines is 2. The van der Waals surface area contributed by atoms with Gasteiger partial charge in [0.25, 0.3) is 0 Å². The first-order valence-corrected chi connectivity index (χ1v) is 10.5. The molecule has 0 radical (unpaired) electrons. The Labute approximate surface area is 191 Å². The molecule has 1 N–H and O–H groups in total. The van der Waals surface area contributed by atoms with Gasteiger partial charge in [-0.05, 0) is 36.8 Å². The second kappa shape index (κ2) is 9.12. The number of nitrogens with one attached hydrogen (secondary N) is 1. The van der Waals surface area contributed by atoms with Crippen LogP contribution >= 0.6 is 0 Å². The molecular weight excluding hydrogens is 418 g/mol. The van der Waals surface area contributed by atoms with E-state index in [1.807, 2.05) is 24.3 Å². The Balaban J connectivity index is 1.59. The summed E-state index contributed by atoms with van der Waals surface area (Å²) < 4.78 is 10.5. The summed E-state index contributed by atoms with van der Waals surface area (Å²) in [4.78, 5) is 38.0. The van der Waals surface area contributed by atoms with E-state index >= 15 is 0 Å². The van der Waals surface area contributed by atoms with Crippen molar-refractivity contribution in [2.75, 3.05) is 19.0 Å². The standard InChI is InChI=1S/C27H23NO5/c1-16(2)27(31)33-15-14-17-8-10-18(11-9-17)28-21-12-13-22(32-3)24-23(21)25(29)19-6-4-5-7-20(19)26(24)30/h4-13,28H,1,14-15H2,2-3H3. The molecule has 0 heterocycles. The fourth-order valence-corrected chi connectivity index (χ4v) is 3.76. The molecule has 0 saturated carbocycles. The van der Waals surface area contributed by atoms with E-state index in [0.29, 0.717) is 40.1 Å². The number of benzene rings is 3. The minimum atomic E-state index is -0.404. The van der Waals surface area contributed by atoms with Crippen molar-refractivity contribution in [3.05, 3.63) is 101 Å². The van der Waals surface area contributed by atoms with Crippen LogP contribution in [0.1, 0.15) is 44.3 Å². The van der Waals surface area contributed by atoms with Gasteiger partial charge in [0.15, 0.2) is 11.6 Å². The van der Waals surface area contributed by atoms with Gasteiger partial charge in [-0.1, -0.05) is 43.0 Å². The number of hydrogen-bond donors (Lipinski definition) is 1. The number of rotatable bonds is 7. The van der Waals surface area contributed by atoms with Crippen molar-refractivity contribution in [3.8, 4) is 5.75 Å². The maximum atomic E-state index is 13.3. The van der Waals surface area contributed by atoms with Crippen molar-refractivity contribution in [3.63, 3.8) is 0 Å². The van der Waals surface area contributed by atoms with Crippen molar-refractivity contribution in [1.82, 2.24) is 0 Å². The first-order valence-electron chi connectivity index (χ1n) is 10.5. The molecule has 0 atom stereocenters. The number of carbonyl (C=O) groups excluding carboxylic acids is 3. The maximum absolute atomic E-state index is 13.3. The molecule has 0 aliphatic heterocycles. The van der Waals surface area contributed by atoms with E-state index in [-0.39, 0.29) is 23.7 Å². The zero-order valence-electron chi connectivity index (χ0n) is 18.4. The molecule has 166 valence electrons. The van der Waals surface area contributed by atoms with Crippen LogP contribution in [0.3, 0.4) is 0 Å². The predicted octanol–water partition coefficient (Wildman–Crippen LogP) is 4.88. The molecule has 33 heavy (non-hydrogen) atoms. The maximum Gasteiger partial charge on any atom is 0.333 e. The Morgan fingerprint density at radius 1 is 0.909 bits per heavy atom. The summed E-state index contributed by atoms with van der Waals surface area (Å²) in [5.41, 5.74) is 3.97. The number of ether oxygens (including phenoxy) is 2. The van der Waals surface area contributed by atoms with Gasteiger partial charge in [0.05, 0.1) is 30.5 Å². The van der Waals surface area contributed by atoms with Gasteiger partial charge in [-0.3, -0.25) is 9.59 Å². The van der Waals surface area contributed by atoms with Crippen molar-refractivity contribution in [2.45, 2.75) is 13.3 Å². The molecule has 6 heteroatoms. The Morgan fingerprint density at radius 3 is 2.15 bits per heavy atom. The Hall–Kier alpha value is -4.19. The normalized spacial score (nSPS) is 11.9. The van der Waals surface area contributed by atoms with Gasteiger partial charge in [0, 0.05) is 28.8 Å². The van der Waals surface area contributed by atoms with E-state index in [1.165, 1.54) is 7.11 Å². The summed E-state index contributed by atoms with van der Waals surface area (Å²) in [6.45, 7) is 5.43. The first kappa shape index (κ1) is 22.0. The zero-order chi connectivity index (χ0) is 23.5. The Kier molecular flexibility index (Phi) is 6.09. The summed E-state index contributed by atoms with van der Waals surface area (Å²) in [7, 11) is 1.48. The molecule has 0 saturated heterocycles. The number of methoxy groups -OCH3 is 1. The Bertz CT molecular complexity index is 1270. The van der Waals surface area contributed by atoms with E-state index < -0.39 is 5.97 Å². The topological polar surface area (TPSA) is 81.7 Å². The molecule has 3 aromatic carbocycles. The third-order valence-corrected chi connectivity index (χ3v) is 5.46. The predicted molar refractivity (Wildman–Crippen MR) is 126 cm³/mol. The molecule has 4 rings (SSSR count). The molecule has 3 aromatic rings. The number of esters is 1. The average Bonchev–Trinajstić information content (AvgIpc) is 2.83. The summed E-state index contributed by atoms with van der Waals surface area (Å²) in [5.74, 6) is -0.501. The number of ketones is 2. The molecule has 0 aromatic heterocycles. The highest BCUT2D eigenvalue weighted by atomic mass is 16.5. The lowest BCUT2D eigenvalue weighted by Gasteiger charge is -2.22. The second-order valence-corrected chi connectivity index (χ2v) is 7.76. The van der Waals surface area contributed by atoms with Gasteiger partial charge in [0.2, 0.25) is 0 Å². The highest BCUT2D eigenvalue weighted by molar-refractivity contribution is 6.31. The Morgan fingerprint density at radius 2 is 1.55 bits per heavy atom. The monoisotopic (exact) mass is 441 g/mol. The molecule has 0 bridgehead atoms. The van der Waals surface area contributed by atoms with Crippen LogP contribution in [0.5, 0.6) is 5.75 Å². The third kappa shape index (κ3) is 4.28. The van der Waals surface area contributed by atoms with Crippen molar-refractivity contribution < 1.29 is 23.9 Å². The summed E-state index contributed by atoms with van der Waals surface area (Å²) >= 11 is 0.